The van der Waals surface area contributed by atoms with Gasteiger partial charge in [-0.25, -0.2) is 13.1 Å². The van der Waals surface area contributed by atoms with Gasteiger partial charge in [0.2, 0.25) is 10.0 Å². The van der Waals surface area contributed by atoms with E-state index in [1.165, 1.54) is 0 Å². The number of alkyl halides is 3. The van der Waals surface area contributed by atoms with Gasteiger partial charge < -0.3 is 5.11 Å². The molecule has 0 radical (unpaired) electrons. The lowest BCUT2D eigenvalue weighted by atomic mass is 10.4. The van der Waals surface area contributed by atoms with Crippen LogP contribution in [0.25, 0.3) is 0 Å². The monoisotopic (exact) mass is 301 g/mol. The molecular formula is C8H10F3N3O4S. The zero-order valence-electron chi connectivity index (χ0n) is 9.38. The van der Waals surface area contributed by atoms with E-state index in [2.05, 4.69) is 5.10 Å². The highest BCUT2D eigenvalue weighted by molar-refractivity contribution is 7.89. The Morgan fingerprint density at radius 3 is 2.63 bits per heavy atom. The summed E-state index contributed by atoms with van der Waals surface area (Å²) in [7, 11) is -4.12. The smallest absolute Gasteiger partial charge is 0.390 e. The minimum atomic E-state index is -4.46. The lowest BCUT2D eigenvalue weighted by Gasteiger charge is -2.07. The minimum Gasteiger partial charge on any atom is -0.480 e. The first-order valence-electron chi connectivity index (χ1n) is 4.91. The topological polar surface area (TPSA) is 101 Å². The number of hydrogen-bond donors (Lipinski definition) is 2. The molecule has 1 heterocycles. The van der Waals surface area contributed by atoms with E-state index in [0.29, 0.717) is 0 Å². The summed E-state index contributed by atoms with van der Waals surface area (Å²) in [5.74, 6) is -1.22. The Morgan fingerprint density at radius 1 is 1.47 bits per heavy atom. The van der Waals surface area contributed by atoms with Crippen LogP contribution in [0.4, 0.5) is 13.2 Å². The van der Waals surface area contributed by atoms with Crippen LogP contribution in [0.5, 0.6) is 0 Å². The molecule has 0 unspecified atom stereocenters. The van der Waals surface area contributed by atoms with E-state index in [1.807, 2.05) is 0 Å². The van der Waals surface area contributed by atoms with Crippen LogP contribution in [0.1, 0.15) is 6.42 Å². The van der Waals surface area contributed by atoms with E-state index in [-0.39, 0.29) is 0 Å². The second-order valence-electron chi connectivity index (χ2n) is 3.53. The standard InChI is InChI=1S/C8H10F3N3O4S/c9-8(10,11)1-2-13-19(17,18)6-3-12-14(4-6)5-7(15)16/h3-4,13H,1-2,5H2,(H,15,16). The maximum atomic E-state index is 11.9. The highest BCUT2D eigenvalue weighted by atomic mass is 32.2. The van der Waals surface area contributed by atoms with Crippen LogP contribution in [0.15, 0.2) is 17.3 Å². The summed E-state index contributed by atoms with van der Waals surface area (Å²) in [5, 5.41) is 11.9. The summed E-state index contributed by atoms with van der Waals surface area (Å²) in [6.45, 7) is -1.34. The summed E-state index contributed by atoms with van der Waals surface area (Å²) in [6, 6.07) is 0. The third-order valence-electron chi connectivity index (χ3n) is 1.92. The predicted octanol–water partition coefficient (Wildman–Crippen LogP) is 0.198. The number of nitrogens with one attached hydrogen (secondary N) is 1. The molecule has 0 aromatic carbocycles. The van der Waals surface area contributed by atoms with E-state index < -0.39 is 46.6 Å². The van der Waals surface area contributed by atoms with Gasteiger partial charge in [-0.05, 0) is 0 Å². The molecule has 0 aliphatic rings. The Labute approximate surface area is 106 Å². The Bertz CT molecular complexity index is 552. The van der Waals surface area contributed by atoms with Crippen molar-refractivity contribution < 1.29 is 31.5 Å². The van der Waals surface area contributed by atoms with Crippen molar-refractivity contribution in [2.24, 2.45) is 0 Å². The highest BCUT2D eigenvalue weighted by Crippen LogP contribution is 2.18. The summed E-state index contributed by atoms with van der Waals surface area (Å²) in [6.07, 6.45) is -3.98. The van der Waals surface area contributed by atoms with Crippen LogP contribution in [-0.2, 0) is 21.4 Å². The summed E-state index contributed by atoms with van der Waals surface area (Å²) in [5.41, 5.74) is 0. The Kier molecular flexibility index (Phi) is 4.52. The Hall–Kier alpha value is -1.62. The average molecular weight is 301 g/mol. The predicted molar refractivity (Wildman–Crippen MR) is 55.7 cm³/mol. The largest absolute Gasteiger partial charge is 0.480 e. The molecular weight excluding hydrogens is 291 g/mol. The molecule has 0 amide bonds. The average Bonchev–Trinajstić information content (AvgIpc) is 2.63. The first-order chi connectivity index (χ1) is 8.60. The van der Waals surface area contributed by atoms with Gasteiger partial charge in [0.05, 0.1) is 12.6 Å². The van der Waals surface area contributed by atoms with Crippen molar-refractivity contribution >= 4 is 16.0 Å². The van der Waals surface area contributed by atoms with Crippen molar-refractivity contribution in [2.45, 2.75) is 24.0 Å². The van der Waals surface area contributed by atoms with Gasteiger partial charge in [0, 0.05) is 12.7 Å². The second-order valence-corrected chi connectivity index (χ2v) is 5.30. The molecule has 0 spiro atoms. The lowest BCUT2D eigenvalue weighted by Crippen LogP contribution is -2.27. The second kappa shape index (κ2) is 5.57. The maximum Gasteiger partial charge on any atom is 0.390 e. The summed E-state index contributed by atoms with van der Waals surface area (Å²) < 4.78 is 61.3. The number of sulfonamides is 1. The number of halogens is 3. The third kappa shape index (κ3) is 5.26. The first kappa shape index (κ1) is 15.4. The van der Waals surface area contributed by atoms with E-state index in [9.17, 15) is 26.4 Å². The van der Waals surface area contributed by atoms with Crippen molar-refractivity contribution in [3.63, 3.8) is 0 Å². The normalized spacial score (nSPS) is 12.6. The van der Waals surface area contributed by atoms with Gasteiger partial charge in [0.15, 0.2) is 0 Å². The molecule has 1 aromatic rings. The summed E-state index contributed by atoms with van der Waals surface area (Å²) in [4.78, 5) is 9.97. The SMILES string of the molecule is O=C(O)Cn1cc(S(=O)(=O)NCCC(F)(F)F)cn1. The number of carboxylic acid groups (broad SMARTS) is 1. The van der Waals surface area contributed by atoms with Crippen LogP contribution in [0.3, 0.4) is 0 Å². The van der Waals surface area contributed by atoms with E-state index >= 15 is 0 Å². The van der Waals surface area contributed by atoms with Crippen molar-refractivity contribution in [1.82, 2.24) is 14.5 Å². The van der Waals surface area contributed by atoms with Crippen LogP contribution >= 0.6 is 0 Å². The number of aromatic nitrogens is 2. The van der Waals surface area contributed by atoms with Gasteiger partial charge in [-0.1, -0.05) is 0 Å². The fourth-order valence-electron chi connectivity index (χ4n) is 1.12. The third-order valence-corrected chi connectivity index (χ3v) is 3.33. The van der Waals surface area contributed by atoms with Crippen LogP contribution in [0, 0.1) is 0 Å². The molecule has 0 fully saturated rings. The first-order valence-corrected chi connectivity index (χ1v) is 6.39. The Morgan fingerprint density at radius 2 is 2.11 bits per heavy atom. The molecule has 19 heavy (non-hydrogen) atoms. The van der Waals surface area contributed by atoms with Gasteiger partial charge in [-0.2, -0.15) is 18.3 Å². The van der Waals surface area contributed by atoms with Gasteiger partial charge >= 0.3 is 12.1 Å². The minimum absolute atomic E-state index is 0.393. The van der Waals surface area contributed by atoms with Crippen molar-refractivity contribution in [3.8, 4) is 0 Å². The molecule has 0 saturated heterocycles. The molecule has 7 nitrogen and oxygen atoms in total. The fraction of sp³-hybridized carbons (Fsp3) is 0.500. The van der Waals surface area contributed by atoms with E-state index in [1.54, 1.807) is 4.72 Å². The Balaban J connectivity index is 2.67. The van der Waals surface area contributed by atoms with Crippen molar-refractivity contribution in [3.05, 3.63) is 12.4 Å². The quantitative estimate of drug-likeness (QED) is 0.781. The molecule has 11 heteroatoms. The maximum absolute atomic E-state index is 11.9. The van der Waals surface area contributed by atoms with E-state index in [0.717, 1.165) is 17.1 Å². The van der Waals surface area contributed by atoms with Gasteiger partial charge in [-0.3, -0.25) is 9.48 Å². The molecule has 2 N–H and O–H groups in total. The van der Waals surface area contributed by atoms with Crippen molar-refractivity contribution in [1.29, 1.82) is 0 Å². The number of nitrogens with zero attached hydrogens (tertiary/aromatic N) is 2. The van der Waals surface area contributed by atoms with Gasteiger partial charge in [0.25, 0.3) is 0 Å². The molecule has 0 bridgehead atoms. The number of carboxylic acids is 1. The van der Waals surface area contributed by atoms with Gasteiger partial charge in [0.1, 0.15) is 11.4 Å². The number of rotatable bonds is 6. The molecule has 1 aromatic heterocycles. The molecule has 1 rings (SSSR count). The highest BCUT2D eigenvalue weighted by Gasteiger charge is 2.27. The summed E-state index contributed by atoms with van der Waals surface area (Å²) >= 11 is 0. The van der Waals surface area contributed by atoms with Crippen LogP contribution in [0.2, 0.25) is 0 Å². The molecule has 0 aliphatic carbocycles. The molecule has 0 aliphatic heterocycles. The fourth-order valence-corrected chi connectivity index (χ4v) is 2.10. The zero-order valence-corrected chi connectivity index (χ0v) is 10.2. The number of carbonyl (C=O) groups is 1. The van der Waals surface area contributed by atoms with Crippen molar-refractivity contribution in [2.75, 3.05) is 6.54 Å². The molecule has 108 valence electrons. The number of aliphatic carboxylic acids is 1. The van der Waals surface area contributed by atoms with Gasteiger partial charge in [-0.15, -0.1) is 0 Å². The zero-order chi connectivity index (χ0) is 14.7. The molecule has 0 atom stereocenters. The lowest BCUT2D eigenvalue weighted by molar-refractivity contribution is -0.138. The van der Waals surface area contributed by atoms with E-state index in [4.69, 9.17) is 5.11 Å². The number of hydrogen-bond acceptors (Lipinski definition) is 4. The van der Waals surface area contributed by atoms with Crippen LogP contribution in [-0.4, -0.2) is 42.0 Å². The molecule has 0 saturated carbocycles. The van der Waals surface area contributed by atoms with Crippen LogP contribution < -0.4 is 4.72 Å².